The molecular weight excluding hydrogens is 268 g/mol. The molecule has 0 rings (SSSR count). The van der Waals surface area contributed by atoms with E-state index in [9.17, 15) is 8.42 Å². The fraction of sp³-hybridized carbons (Fsp3) is 1.00. The zero-order chi connectivity index (χ0) is 14.0. The number of rotatable bonds is 11. The summed E-state index contributed by atoms with van der Waals surface area (Å²) in [5.41, 5.74) is 0. The van der Waals surface area contributed by atoms with Crippen molar-refractivity contribution >= 4 is 19.7 Å². The summed E-state index contributed by atoms with van der Waals surface area (Å²) in [6, 6.07) is 0. The van der Waals surface area contributed by atoms with Gasteiger partial charge in [0, 0.05) is 18.8 Å². The van der Waals surface area contributed by atoms with Crippen LogP contribution in [0.2, 0.25) is 0 Å². The Morgan fingerprint density at radius 3 is 1.72 bits per heavy atom. The second kappa shape index (κ2) is 10.1. The van der Waals surface area contributed by atoms with Gasteiger partial charge in [0.25, 0.3) is 0 Å². The van der Waals surface area contributed by atoms with E-state index in [2.05, 4.69) is 37.5 Å². The molecule has 0 spiro atoms. The Hall–Kier alpha value is 0.220. The standard InChI is InChI=1S/C12H28N2O2S2/c1-5-13(6-2)9-11-17-18(15,16)12-10-14(7-3)8-4/h5-12H2,1-4H3. The van der Waals surface area contributed by atoms with Crippen LogP contribution in [0, 0.1) is 0 Å². The SMILES string of the molecule is CCN(CC)CCSS(=O)(=O)CCN(CC)CC. The summed E-state index contributed by atoms with van der Waals surface area (Å²) < 4.78 is 23.7. The summed E-state index contributed by atoms with van der Waals surface area (Å²) >= 11 is 0. The molecule has 0 saturated heterocycles. The summed E-state index contributed by atoms with van der Waals surface area (Å²) in [7, 11) is -1.86. The highest BCUT2D eigenvalue weighted by Gasteiger charge is 2.13. The quantitative estimate of drug-likeness (QED) is 0.543. The molecule has 0 aliphatic heterocycles. The van der Waals surface area contributed by atoms with Crippen LogP contribution >= 0.6 is 10.8 Å². The van der Waals surface area contributed by atoms with E-state index in [0.717, 1.165) is 43.5 Å². The smallest absolute Gasteiger partial charge is 0.202 e. The first-order valence-corrected chi connectivity index (χ1v) is 9.96. The Morgan fingerprint density at radius 2 is 1.28 bits per heavy atom. The molecule has 6 heteroatoms. The van der Waals surface area contributed by atoms with Crippen LogP contribution in [0.1, 0.15) is 27.7 Å². The fourth-order valence-electron chi connectivity index (χ4n) is 1.67. The molecule has 0 fully saturated rings. The van der Waals surface area contributed by atoms with Crippen molar-refractivity contribution in [3.8, 4) is 0 Å². The van der Waals surface area contributed by atoms with Gasteiger partial charge in [-0.3, -0.25) is 0 Å². The largest absolute Gasteiger partial charge is 0.303 e. The molecule has 0 saturated carbocycles. The van der Waals surface area contributed by atoms with E-state index in [1.165, 1.54) is 0 Å². The van der Waals surface area contributed by atoms with E-state index in [1.54, 1.807) is 0 Å². The summed E-state index contributed by atoms with van der Waals surface area (Å²) in [6.07, 6.45) is 0. The lowest BCUT2D eigenvalue weighted by Gasteiger charge is -2.19. The molecule has 0 radical (unpaired) electrons. The number of nitrogens with zero attached hydrogens (tertiary/aromatic N) is 2. The van der Waals surface area contributed by atoms with Gasteiger partial charge in [-0.1, -0.05) is 27.7 Å². The normalized spacial score (nSPS) is 12.6. The molecule has 110 valence electrons. The first-order valence-electron chi connectivity index (χ1n) is 6.80. The van der Waals surface area contributed by atoms with E-state index >= 15 is 0 Å². The minimum absolute atomic E-state index is 0.262. The summed E-state index contributed by atoms with van der Waals surface area (Å²) in [6.45, 7) is 13.6. The van der Waals surface area contributed by atoms with E-state index in [4.69, 9.17) is 0 Å². The van der Waals surface area contributed by atoms with Gasteiger partial charge in [-0.15, -0.1) is 0 Å². The Morgan fingerprint density at radius 1 is 0.833 bits per heavy atom. The average molecular weight is 297 g/mol. The molecule has 4 nitrogen and oxygen atoms in total. The highest BCUT2D eigenvalue weighted by molar-refractivity contribution is 8.72. The van der Waals surface area contributed by atoms with Gasteiger partial charge in [0.1, 0.15) is 0 Å². The van der Waals surface area contributed by atoms with Gasteiger partial charge in [-0.05, 0) is 37.0 Å². The Labute approximate surface area is 116 Å². The molecule has 0 atom stereocenters. The minimum Gasteiger partial charge on any atom is -0.303 e. The lowest BCUT2D eigenvalue weighted by molar-refractivity contribution is 0.322. The topological polar surface area (TPSA) is 40.6 Å². The van der Waals surface area contributed by atoms with Gasteiger partial charge >= 0.3 is 0 Å². The third-order valence-corrected chi connectivity index (χ3v) is 6.59. The second-order valence-corrected chi connectivity index (χ2v) is 8.54. The third kappa shape index (κ3) is 8.34. The molecule has 0 heterocycles. The van der Waals surface area contributed by atoms with Gasteiger partial charge in [-0.2, -0.15) is 0 Å². The predicted octanol–water partition coefficient (Wildman–Crippen LogP) is 1.73. The molecule has 0 unspecified atom stereocenters. The maximum Gasteiger partial charge on any atom is 0.202 e. The summed E-state index contributed by atoms with van der Waals surface area (Å²) in [5, 5.41) is 0. The lowest BCUT2D eigenvalue weighted by atomic mass is 10.5. The van der Waals surface area contributed by atoms with Crippen LogP contribution in [0.25, 0.3) is 0 Å². The van der Waals surface area contributed by atoms with Crippen molar-refractivity contribution in [1.29, 1.82) is 0 Å². The van der Waals surface area contributed by atoms with Gasteiger partial charge in [0.05, 0.1) is 5.75 Å². The maximum atomic E-state index is 11.8. The van der Waals surface area contributed by atoms with Crippen LogP contribution in [0.4, 0.5) is 0 Å². The first kappa shape index (κ1) is 18.2. The summed E-state index contributed by atoms with van der Waals surface area (Å²) in [4.78, 5) is 4.38. The molecule has 0 aliphatic rings. The predicted molar refractivity (Wildman–Crippen MR) is 81.8 cm³/mol. The fourth-order valence-corrected chi connectivity index (χ4v) is 4.42. The molecule has 0 bridgehead atoms. The number of hydrogen-bond donors (Lipinski definition) is 0. The molecule has 0 aromatic rings. The van der Waals surface area contributed by atoms with Crippen LogP contribution in [0.5, 0.6) is 0 Å². The van der Waals surface area contributed by atoms with Crippen molar-refractivity contribution in [3.63, 3.8) is 0 Å². The van der Waals surface area contributed by atoms with Crippen molar-refractivity contribution in [2.45, 2.75) is 27.7 Å². The van der Waals surface area contributed by atoms with Crippen LogP contribution in [0.3, 0.4) is 0 Å². The third-order valence-electron chi connectivity index (χ3n) is 3.12. The van der Waals surface area contributed by atoms with Crippen LogP contribution < -0.4 is 0 Å². The highest BCUT2D eigenvalue weighted by atomic mass is 33.1. The minimum atomic E-state index is -2.96. The molecule has 18 heavy (non-hydrogen) atoms. The van der Waals surface area contributed by atoms with E-state index in [-0.39, 0.29) is 5.75 Å². The zero-order valence-electron chi connectivity index (χ0n) is 12.2. The van der Waals surface area contributed by atoms with Crippen molar-refractivity contribution in [1.82, 2.24) is 9.80 Å². The van der Waals surface area contributed by atoms with Gasteiger partial charge in [0.2, 0.25) is 8.87 Å². The van der Waals surface area contributed by atoms with Crippen molar-refractivity contribution in [3.05, 3.63) is 0 Å². The second-order valence-electron chi connectivity index (χ2n) is 4.14. The monoisotopic (exact) mass is 296 g/mol. The Balaban J connectivity index is 3.93. The Kier molecular flexibility index (Phi) is 10.2. The zero-order valence-corrected chi connectivity index (χ0v) is 13.8. The highest BCUT2D eigenvalue weighted by Crippen LogP contribution is 2.13. The Bertz CT molecular complexity index is 286. The van der Waals surface area contributed by atoms with Gasteiger partial charge in [0.15, 0.2) is 0 Å². The van der Waals surface area contributed by atoms with Crippen LogP contribution in [-0.2, 0) is 8.87 Å². The molecule has 0 aliphatic carbocycles. The first-order chi connectivity index (χ1) is 8.49. The van der Waals surface area contributed by atoms with Crippen molar-refractivity contribution in [2.24, 2.45) is 0 Å². The van der Waals surface area contributed by atoms with Crippen molar-refractivity contribution in [2.75, 3.05) is 50.8 Å². The molecular formula is C12H28N2O2S2. The molecule has 0 aromatic heterocycles. The summed E-state index contributed by atoms with van der Waals surface area (Å²) in [5.74, 6) is 0.930. The van der Waals surface area contributed by atoms with Crippen LogP contribution in [-0.4, -0.2) is 69.0 Å². The molecule has 0 aromatic carbocycles. The average Bonchev–Trinajstić information content (AvgIpc) is 2.36. The van der Waals surface area contributed by atoms with Crippen molar-refractivity contribution < 1.29 is 8.42 Å². The van der Waals surface area contributed by atoms with E-state index in [0.29, 0.717) is 12.3 Å². The van der Waals surface area contributed by atoms with Gasteiger partial charge < -0.3 is 9.80 Å². The van der Waals surface area contributed by atoms with Crippen LogP contribution in [0.15, 0.2) is 0 Å². The van der Waals surface area contributed by atoms with E-state index in [1.807, 2.05) is 0 Å². The van der Waals surface area contributed by atoms with Gasteiger partial charge in [-0.25, -0.2) is 8.42 Å². The van der Waals surface area contributed by atoms with E-state index < -0.39 is 8.87 Å². The lowest BCUT2D eigenvalue weighted by Crippen LogP contribution is -2.29. The number of hydrogen-bond acceptors (Lipinski definition) is 5. The molecule has 0 N–H and O–H groups in total. The molecule has 0 amide bonds. The maximum absolute atomic E-state index is 11.8.